The van der Waals surface area contributed by atoms with E-state index in [1.807, 2.05) is 24.5 Å². The van der Waals surface area contributed by atoms with Crippen LogP contribution in [-0.2, 0) is 6.54 Å². The summed E-state index contributed by atoms with van der Waals surface area (Å²) in [6.45, 7) is 3.19. The molecule has 0 atom stereocenters. The summed E-state index contributed by atoms with van der Waals surface area (Å²) in [5.41, 5.74) is 6.62. The Morgan fingerprint density at radius 1 is 0.972 bits per heavy atom. The quantitative estimate of drug-likeness (QED) is 0.331. The minimum atomic E-state index is -0.253. The summed E-state index contributed by atoms with van der Waals surface area (Å²) in [5.74, 6) is 0.612. The smallest absolute Gasteiger partial charge is 0.177 e. The van der Waals surface area contributed by atoms with Crippen molar-refractivity contribution in [2.75, 3.05) is 13.1 Å². The van der Waals surface area contributed by atoms with E-state index in [9.17, 15) is 4.39 Å². The van der Waals surface area contributed by atoms with Gasteiger partial charge in [0.1, 0.15) is 16.9 Å². The lowest BCUT2D eigenvalue weighted by Gasteiger charge is -2.14. The summed E-state index contributed by atoms with van der Waals surface area (Å²) >= 11 is 1.05. The number of aromatic nitrogens is 7. The maximum absolute atomic E-state index is 13.7. The van der Waals surface area contributed by atoms with E-state index in [2.05, 4.69) is 41.1 Å². The monoisotopic (exact) mass is 496 g/mol. The van der Waals surface area contributed by atoms with Crippen LogP contribution < -0.4 is 0 Å². The number of pyridine rings is 3. The molecule has 0 bridgehead atoms. The van der Waals surface area contributed by atoms with Gasteiger partial charge in [0.05, 0.1) is 27.8 Å². The first kappa shape index (κ1) is 21.3. The molecule has 0 saturated carbocycles. The minimum Gasteiger partial charge on any atom is -0.336 e. The average Bonchev–Trinajstić information content (AvgIpc) is 3.70. The van der Waals surface area contributed by atoms with Crippen molar-refractivity contribution in [3.8, 4) is 33.3 Å². The van der Waals surface area contributed by atoms with Crippen LogP contribution in [0, 0.1) is 5.13 Å². The Hall–Kier alpha value is -4.02. The van der Waals surface area contributed by atoms with Crippen molar-refractivity contribution >= 4 is 33.3 Å². The van der Waals surface area contributed by atoms with Gasteiger partial charge in [0, 0.05) is 36.1 Å². The highest BCUT2D eigenvalue weighted by Gasteiger charge is 2.18. The number of rotatable bonds is 5. The van der Waals surface area contributed by atoms with Gasteiger partial charge in [-0.15, -0.1) is 11.3 Å². The maximum atomic E-state index is 13.7. The first-order valence-electron chi connectivity index (χ1n) is 11.8. The van der Waals surface area contributed by atoms with Crippen molar-refractivity contribution in [3.63, 3.8) is 0 Å². The lowest BCUT2D eigenvalue weighted by atomic mass is 10.1. The number of halogens is 1. The molecule has 1 saturated heterocycles. The minimum absolute atomic E-state index is 0.253. The molecule has 0 radical (unpaired) electrons. The van der Waals surface area contributed by atoms with Crippen LogP contribution in [0.15, 0.2) is 55.1 Å². The first-order valence-corrected chi connectivity index (χ1v) is 12.6. The number of hydrogen-bond donors (Lipinski definition) is 2. The third-order valence-corrected chi connectivity index (χ3v) is 7.46. The lowest BCUT2D eigenvalue weighted by Crippen LogP contribution is -2.18. The van der Waals surface area contributed by atoms with E-state index in [0.717, 1.165) is 63.5 Å². The van der Waals surface area contributed by atoms with Gasteiger partial charge in [0.15, 0.2) is 11.0 Å². The number of thiophene rings is 1. The van der Waals surface area contributed by atoms with Gasteiger partial charge in [-0.05, 0) is 61.8 Å². The molecule has 10 heteroatoms. The zero-order chi connectivity index (χ0) is 24.1. The maximum Gasteiger partial charge on any atom is 0.177 e. The molecule has 7 rings (SSSR count). The van der Waals surface area contributed by atoms with Crippen LogP contribution in [0.3, 0.4) is 0 Å². The standard InChI is InChI=1S/C26H21FN8S/c27-22-4-3-21(36-22)25-24-18(5-6-29-25)31-26(32-24)23-17-10-19(30-13-20(17)33-34-23)16-9-15(11-28-12-16)14-35-7-1-2-8-35/h3-6,9-13H,1-2,7-8,14H2,(H,31,32)(H,33,34). The molecule has 0 aliphatic carbocycles. The second kappa shape index (κ2) is 8.58. The van der Waals surface area contributed by atoms with Gasteiger partial charge in [-0.2, -0.15) is 9.49 Å². The number of nitrogens with one attached hydrogen (secondary N) is 2. The topological polar surface area (TPSA) is 99.3 Å². The van der Waals surface area contributed by atoms with Gasteiger partial charge < -0.3 is 4.98 Å². The molecule has 0 aromatic carbocycles. The molecule has 0 spiro atoms. The van der Waals surface area contributed by atoms with Gasteiger partial charge in [-0.3, -0.25) is 25.0 Å². The molecule has 178 valence electrons. The molecule has 1 fully saturated rings. The van der Waals surface area contributed by atoms with Crippen molar-refractivity contribution in [2.24, 2.45) is 0 Å². The number of H-pyrrole nitrogens is 2. The number of aromatic amines is 2. The summed E-state index contributed by atoms with van der Waals surface area (Å²) in [4.78, 5) is 25.0. The zero-order valence-corrected chi connectivity index (χ0v) is 20.0. The lowest BCUT2D eigenvalue weighted by molar-refractivity contribution is 0.331. The van der Waals surface area contributed by atoms with Crippen LogP contribution in [0.4, 0.5) is 4.39 Å². The van der Waals surface area contributed by atoms with E-state index in [4.69, 9.17) is 4.98 Å². The Bertz CT molecular complexity index is 1710. The number of imidazole rings is 1. The second-order valence-corrected chi connectivity index (χ2v) is 10.0. The van der Waals surface area contributed by atoms with E-state index < -0.39 is 0 Å². The fourth-order valence-corrected chi connectivity index (χ4v) is 5.57. The van der Waals surface area contributed by atoms with E-state index in [-0.39, 0.29) is 5.13 Å². The van der Waals surface area contributed by atoms with Crippen LogP contribution >= 0.6 is 11.3 Å². The number of fused-ring (bicyclic) bond motifs is 2. The third kappa shape index (κ3) is 3.75. The van der Waals surface area contributed by atoms with Crippen LogP contribution in [0.5, 0.6) is 0 Å². The van der Waals surface area contributed by atoms with E-state index >= 15 is 0 Å². The molecule has 6 aromatic rings. The Morgan fingerprint density at radius 2 is 1.89 bits per heavy atom. The summed E-state index contributed by atoms with van der Waals surface area (Å²) < 4.78 is 13.7. The number of hydrogen-bond acceptors (Lipinski definition) is 7. The molecule has 0 unspecified atom stereocenters. The third-order valence-electron chi connectivity index (χ3n) is 6.57. The highest BCUT2D eigenvalue weighted by Crippen LogP contribution is 2.33. The Labute approximate surface area is 209 Å². The largest absolute Gasteiger partial charge is 0.336 e. The average molecular weight is 497 g/mol. The van der Waals surface area contributed by atoms with Gasteiger partial charge in [0.25, 0.3) is 0 Å². The molecule has 0 amide bonds. The van der Waals surface area contributed by atoms with Crippen molar-refractivity contribution in [1.82, 2.24) is 40.0 Å². The molecular weight excluding hydrogens is 475 g/mol. The highest BCUT2D eigenvalue weighted by molar-refractivity contribution is 7.13. The van der Waals surface area contributed by atoms with Gasteiger partial charge in [-0.1, -0.05) is 0 Å². The summed E-state index contributed by atoms with van der Waals surface area (Å²) in [5, 5.41) is 8.24. The summed E-state index contributed by atoms with van der Waals surface area (Å²) in [7, 11) is 0. The summed E-state index contributed by atoms with van der Waals surface area (Å²) in [6, 6.07) is 9.21. The van der Waals surface area contributed by atoms with Crippen LogP contribution in [0.25, 0.3) is 55.3 Å². The van der Waals surface area contributed by atoms with E-state index in [0.29, 0.717) is 22.7 Å². The fourth-order valence-electron chi connectivity index (χ4n) is 4.84. The SMILES string of the molecule is Fc1ccc(-c2nccc3[nH]c(-c4n[nH]c5cnc(-c6cncc(CN7CCCC7)c6)cc45)nc23)s1. The fraction of sp³-hybridized carbons (Fsp3) is 0.192. The summed E-state index contributed by atoms with van der Waals surface area (Å²) in [6.07, 6.45) is 9.79. The molecule has 1 aliphatic rings. The Kier molecular flexibility index (Phi) is 5.07. The molecule has 36 heavy (non-hydrogen) atoms. The molecule has 8 nitrogen and oxygen atoms in total. The normalized spacial score (nSPS) is 14.4. The van der Waals surface area contributed by atoms with E-state index in [1.54, 1.807) is 18.5 Å². The highest BCUT2D eigenvalue weighted by atomic mass is 32.1. The predicted octanol–water partition coefficient (Wildman–Crippen LogP) is 5.42. The Balaban J connectivity index is 1.28. The van der Waals surface area contributed by atoms with Gasteiger partial charge >= 0.3 is 0 Å². The van der Waals surface area contributed by atoms with Crippen LogP contribution in [-0.4, -0.2) is 53.1 Å². The van der Waals surface area contributed by atoms with Gasteiger partial charge in [-0.25, -0.2) is 4.98 Å². The Morgan fingerprint density at radius 3 is 2.75 bits per heavy atom. The van der Waals surface area contributed by atoms with Gasteiger partial charge in [0.2, 0.25) is 0 Å². The van der Waals surface area contributed by atoms with Crippen molar-refractivity contribution in [3.05, 3.63) is 65.8 Å². The molecule has 2 N–H and O–H groups in total. The first-order chi connectivity index (χ1) is 17.7. The molecular formula is C26H21FN8S. The van der Waals surface area contributed by atoms with Crippen molar-refractivity contribution < 1.29 is 4.39 Å². The zero-order valence-electron chi connectivity index (χ0n) is 19.2. The number of nitrogens with zero attached hydrogens (tertiary/aromatic N) is 6. The van der Waals surface area contributed by atoms with Crippen LogP contribution in [0.2, 0.25) is 0 Å². The van der Waals surface area contributed by atoms with Crippen LogP contribution in [0.1, 0.15) is 18.4 Å². The van der Waals surface area contributed by atoms with E-state index in [1.165, 1.54) is 24.5 Å². The van der Waals surface area contributed by atoms with Crippen molar-refractivity contribution in [1.29, 1.82) is 0 Å². The molecule has 7 heterocycles. The van der Waals surface area contributed by atoms with Crippen molar-refractivity contribution in [2.45, 2.75) is 19.4 Å². The number of likely N-dealkylation sites (tertiary alicyclic amines) is 1. The molecule has 6 aromatic heterocycles. The second-order valence-electron chi connectivity index (χ2n) is 9.00. The predicted molar refractivity (Wildman–Crippen MR) is 138 cm³/mol. The molecule has 1 aliphatic heterocycles.